The summed E-state index contributed by atoms with van der Waals surface area (Å²) in [6.45, 7) is 2.00. The van der Waals surface area contributed by atoms with Gasteiger partial charge in [0.1, 0.15) is 4.90 Å². The molecule has 1 fully saturated rings. The smallest absolute Gasteiger partial charge is 0.339 e. The summed E-state index contributed by atoms with van der Waals surface area (Å²) in [7, 11) is -3.95. The summed E-state index contributed by atoms with van der Waals surface area (Å²) in [4.78, 5) is 17.3. The zero-order chi connectivity index (χ0) is 22.7. The minimum atomic E-state index is -3.95. The van der Waals surface area contributed by atoms with Crippen LogP contribution in [-0.2, 0) is 14.9 Å². The fourth-order valence-corrected chi connectivity index (χ4v) is 5.19. The minimum Gasteiger partial charge on any atom is -0.378 e. The van der Waals surface area contributed by atoms with Crippen molar-refractivity contribution in [1.29, 1.82) is 0 Å². The number of halogens is 1. The highest BCUT2D eigenvalue weighted by Crippen LogP contribution is 2.32. The number of aryl methyl sites for hydroxylation is 1. The van der Waals surface area contributed by atoms with E-state index in [1.165, 1.54) is 30.0 Å². The summed E-state index contributed by atoms with van der Waals surface area (Å²) in [5, 5.41) is 3.25. The van der Waals surface area contributed by atoms with E-state index in [0.717, 1.165) is 11.3 Å². The van der Waals surface area contributed by atoms with Gasteiger partial charge < -0.3 is 9.50 Å². The Morgan fingerprint density at radius 2 is 1.75 bits per heavy atom. The van der Waals surface area contributed by atoms with Gasteiger partial charge in [-0.1, -0.05) is 42.0 Å². The lowest BCUT2D eigenvalue weighted by Crippen LogP contribution is -2.19. The van der Waals surface area contributed by atoms with Crippen molar-refractivity contribution in [3.8, 4) is 5.75 Å². The molecule has 1 heterocycles. The number of amides is 1. The number of thioether (sulfide) groups is 1. The van der Waals surface area contributed by atoms with Gasteiger partial charge in [0.25, 0.3) is 5.91 Å². The maximum absolute atomic E-state index is 12.4. The van der Waals surface area contributed by atoms with Crippen LogP contribution >= 0.6 is 27.7 Å². The second kappa shape index (κ2) is 9.32. The molecule has 32 heavy (non-hydrogen) atoms. The van der Waals surface area contributed by atoms with Crippen LogP contribution in [0, 0.1) is 6.92 Å². The molecule has 1 N–H and O–H groups in total. The van der Waals surface area contributed by atoms with Gasteiger partial charge in [-0.25, -0.2) is 4.99 Å². The molecule has 0 unspecified atom stereocenters. The average molecular weight is 529 g/mol. The topological polar surface area (TPSA) is 84.8 Å². The molecule has 0 radical (unpaired) electrons. The predicted octanol–water partition coefficient (Wildman–Crippen LogP) is 5.42. The molecule has 162 valence electrons. The first-order chi connectivity index (χ1) is 15.3. The highest BCUT2D eigenvalue weighted by atomic mass is 79.9. The van der Waals surface area contributed by atoms with Gasteiger partial charge in [-0.05, 0) is 82.7 Å². The average Bonchev–Trinajstić information content (AvgIpc) is 3.11. The van der Waals surface area contributed by atoms with Crippen molar-refractivity contribution in [2.24, 2.45) is 4.99 Å². The van der Waals surface area contributed by atoms with E-state index in [0.29, 0.717) is 20.1 Å². The second-order valence-electron chi connectivity index (χ2n) is 6.86. The molecule has 0 atom stereocenters. The van der Waals surface area contributed by atoms with Gasteiger partial charge in [0.15, 0.2) is 10.9 Å². The Hall–Kier alpha value is -2.88. The first kappa shape index (κ1) is 22.3. The molecule has 3 aromatic rings. The Morgan fingerprint density at radius 1 is 1.03 bits per heavy atom. The van der Waals surface area contributed by atoms with E-state index in [9.17, 15) is 13.2 Å². The molecule has 6 nitrogen and oxygen atoms in total. The summed E-state index contributed by atoms with van der Waals surface area (Å²) in [6, 6.07) is 20.5. The van der Waals surface area contributed by atoms with Gasteiger partial charge in [-0.3, -0.25) is 4.79 Å². The standard InChI is InChI=1S/C23H17BrN2O4S2/c1-15-7-10-17(11-8-15)25-23-26-22(27)21(31-23)14-16-9-12-20(19(24)13-16)30-32(28,29)18-5-3-2-4-6-18/h2-14H,1H3,(H,25,26,27)/b21-14-. The van der Waals surface area contributed by atoms with E-state index in [-0.39, 0.29) is 16.6 Å². The molecule has 1 saturated heterocycles. The van der Waals surface area contributed by atoms with E-state index < -0.39 is 10.1 Å². The Kier molecular flexibility index (Phi) is 6.50. The molecule has 0 saturated carbocycles. The number of rotatable bonds is 5. The van der Waals surface area contributed by atoms with Crippen LogP contribution in [0.2, 0.25) is 0 Å². The number of aliphatic imine (C=N–C) groups is 1. The molecular weight excluding hydrogens is 512 g/mol. The number of carbonyl (C=O) groups excluding carboxylic acids is 1. The molecule has 1 aliphatic heterocycles. The fraction of sp³-hybridized carbons (Fsp3) is 0.0435. The van der Waals surface area contributed by atoms with Gasteiger partial charge in [0.2, 0.25) is 0 Å². The van der Waals surface area contributed by atoms with Crippen LogP contribution in [0.5, 0.6) is 5.75 Å². The molecule has 0 spiro atoms. The van der Waals surface area contributed by atoms with E-state index in [4.69, 9.17) is 4.18 Å². The monoisotopic (exact) mass is 528 g/mol. The fourth-order valence-electron chi connectivity index (χ4n) is 2.80. The largest absolute Gasteiger partial charge is 0.378 e. The number of benzene rings is 3. The lowest BCUT2D eigenvalue weighted by molar-refractivity contribution is -0.115. The first-order valence-electron chi connectivity index (χ1n) is 9.45. The van der Waals surface area contributed by atoms with Crippen molar-refractivity contribution >= 4 is 60.6 Å². The van der Waals surface area contributed by atoms with Crippen molar-refractivity contribution in [2.45, 2.75) is 11.8 Å². The van der Waals surface area contributed by atoms with Crippen molar-refractivity contribution in [2.75, 3.05) is 0 Å². The number of nitrogens with one attached hydrogen (secondary N) is 1. The summed E-state index contributed by atoms with van der Waals surface area (Å²) in [5.74, 6) is -0.0925. The quantitative estimate of drug-likeness (QED) is 0.353. The summed E-state index contributed by atoms with van der Waals surface area (Å²) in [5.41, 5.74) is 2.59. The van der Waals surface area contributed by atoms with Crippen LogP contribution in [0.15, 0.2) is 92.1 Å². The Morgan fingerprint density at radius 3 is 2.44 bits per heavy atom. The first-order valence-corrected chi connectivity index (χ1v) is 12.5. The molecular formula is C23H17BrN2O4S2. The van der Waals surface area contributed by atoms with Gasteiger partial charge >= 0.3 is 10.1 Å². The molecule has 0 aromatic heterocycles. The normalized spacial score (nSPS) is 16.4. The lowest BCUT2D eigenvalue weighted by atomic mass is 10.2. The highest BCUT2D eigenvalue weighted by Gasteiger charge is 2.24. The molecule has 1 aliphatic rings. The molecule has 0 aliphatic carbocycles. The molecule has 4 rings (SSSR count). The van der Waals surface area contributed by atoms with E-state index in [1.54, 1.807) is 36.4 Å². The molecule has 9 heteroatoms. The zero-order valence-corrected chi connectivity index (χ0v) is 20.0. The van der Waals surface area contributed by atoms with Crippen molar-refractivity contribution < 1.29 is 17.4 Å². The maximum Gasteiger partial charge on any atom is 0.339 e. The van der Waals surface area contributed by atoms with Crippen LogP contribution in [0.1, 0.15) is 11.1 Å². The van der Waals surface area contributed by atoms with Gasteiger partial charge in [-0.15, -0.1) is 0 Å². The van der Waals surface area contributed by atoms with Crippen LogP contribution in [0.4, 0.5) is 5.69 Å². The summed E-state index contributed by atoms with van der Waals surface area (Å²) < 4.78 is 30.6. The van der Waals surface area contributed by atoms with Crippen LogP contribution in [0.25, 0.3) is 6.08 Å². The predicted molar refractivity (Wildman–Crippen MR) is 130 cm³/mol. The van der Waals surface area contributed by atoms with E-state index >= 15 is 0 Å². The van der Waals surface area contributed by atoms with Crippen molar-refractivity contribution in [1.82, 2.24) is 5.32 Å². The van der Waals surface area contributed by atoms with Crippen molar-refractivity contribution in [3.05, 3.63) is 93.3 Å². The Bertz CT molecular complexity index is 1340. The van der Waals surface area contributed by atoms with Gasteiger partial charge in [0, 0.05) is 0 Å². The van der Waals surface area contributed by atoms with Gasteiger partial charge in [-0.2, -0.15) is 8.42 Å². The number of carbonyl (C=O) groups is 1. The van der Waals surface area contributed by atoms with Gasteiger partial charge in [0.05, 0.1) is 15.1 Å². The SMILES string of the molecule is Cc1ccc(N=C2NC(=O)/C(=C/c3ccc(OS(=O)(=O)c4ccccc4)c(Br)c3)S2)cc1. The Labute approximate surface area is 198 Å². The number of amidine groups is 1. The molecule has 3 aromatic carbocycles. The minimum absolute atomic E-state index is 0.0671. The van der Waals surface area contributed by atoms with Crippen molar-refractivity contribution in [3.63, 3.8) is 0 Å². The number of hydrogen-bond acceptors (Lipinski definition) is 6. The van der Waals surface area contributed by atoms with Crippen LogP contribution in [0.3, 0.4) is 0 Å². The second-order valence-corrected chi connectivity index (χ2v) is 10.3. The lowest BCUT2D eigenvalue weighted by Gasteiger charge is -2.09. The third-order valence-corrected chi connectivity index (χ3v) is 7.18. The maximum atomic E-state index is 12.4. The zero-order valence-electron chi connectivity index (χ0n) is 16.8. The Balaban J connectivity index is 1.52. The third kappa shape index (κ3) is 5.29. The van der Waals surface area contributed by atoms with Crippen LogP contribution < -0.4 is 9.50 Å². The summed E-state index contributed by atoms with van der Waals surface area (Å²) >= 11 is 4.59. The van der Waals surface area contributed by atoms with Crippen LogP contribution in [-0.4, -0.2) is 19.5 Å². The molecule has 1 amide bonds. The summed E-state index contributed by atoms with van der Waals surface area (Å²) in [6.07, 6.45) is 1.71. The number of hydrogen-bond donors (Lipinski definition) is 1. The van der Waals surface area contributed by atoms with E-state index in [2.05, 4.69) is 26.2 Å². The third-order valence-electron chi connectivity index (χ3n) is 4.40. The number of nitrogens with zero attached hydrogens (tertiary/aromatic N) is 1. The van der Waals surface area contributed by atoms with E-state index in [1.807, 2.05) is 31.2 Å². The molecule has 0 bridgehead atoms. The highest BCUT2D eigenvalue weighted by molar-refractivity contribution is 9.10.